The molecule has 2 atom stereocenters. The Balaban J connectivity index is 0.000000325. The Morgan fingerprint density at radius 1 is 1.50 bits per heavy atom. The lowest BCUT2D eigenvalue weighted by atomic mass is 10.7. The van der Waals surface area contributed by atoms with Crippen molar-refractivity contribution in [3.63, 3.8) is 0 Å². The summed E-state index contributed by atoms with van der Waals surface area (Å²) in [5.41, 5.74) is 0. The molecule has 94 valence electrons. The van der Waals surface area contributed by atoms with E-state index in [1.165, 1.54) is 6.20 Å². The van der Waals surface area contributed by atoms with Crippen molar-refractivity contribution in [1.29, 1.82) is 0 Å². The molecule has 0 aliphatic carbocycles. The van der Waals surface area contributed by atoms with Crippen LogP contribution in [0.15, 0.2) is 12.4 Å². The van der Waals surface area contributed by atoms with Gasteiger partial charge in [0.2, 0.25) is 0 Å². The van der Waals surface area contributed by atoms with Crippen LogP contribution in [-0.2, 0) is 29.5 Å². The first kappa shape index (κ1) is 15.3. The molecule has 0 amide bonds. The molecule has 0 saturated carbocycles. The first-order valence-electron chi connectivity index (χ1n) is 3.75. The third kappa shape index (κ3) is 4.86. The van der Waals surface area contributed by atoms with Crippen LogP contribution >= 0.6 is 0 Å². The number of nitrogens with zero attached hydrogens (tertiary/aromatic N) is 2. The van der Waals surface area contributed by atoms with Crippen molar-refractivity contribution in [3.05, 3.63) is 18.2 Å². The predicted octanol–water partition coefficient (Wildman–Crippen LogP) is 0.105. The van der Waals surface area contributed by atoms with Gasteiger partial charge in [0.25, 0.3) is 11.6 Å². The molecule has 2 unspecified atom stereocenters. The van der Waals surface area contributed by atoms with Crippen molar-refractivity contribution in [1.82, 2.24) is 3.97 Å². The summed E-state index contributed by atoms with van der Waals surface area (Å²) in [6, 6.07) is 0. The molecular formula is C6H9F3N2O3S2. The van der Waals surface area contributed by atoms with E-state index in [9.17, 15) is 16.9 Å². The number of alkyl halides is 2. The van der Waals surface area contributed by atoms with Crippen LogP contribution in [0.25, 0.3) is 0 Å². The van der Waals surface area contributed by atoms with Crippen LogP contribution in [0.5, 0.6) is 0 Å². The number of rotatable bonds is 2. The minimum Gasteiger partial charge on any atom is -0.768 e. The molecular weight excluding hydrogens is 269 g/mol. The van der Waals surface area contributed by atoms with Crippen LogP contribution in [-0.4, -0.2) is 22.7 Å². The van der Waals surface area contributed by atoms with E-state index in [1.807, 2.05) is 0 Å². The Labute approximate surface area is 95.1 Å². The number of hydrogen-bond donors (Lipinski definition) is 0. The van der Waals surface area contributed by atoms with Gasteiger partial charge in [0.1, 0.15) is 12.4 Å². The van der Waals surface area contributed by atoms with Crippen LogP contribution in [0, 0.1) is 6.92 Å². The van der Waals surface area contributed by atoms with Crippen molar-refractivity contribution in [3.8, 4) is 0 Å². The third-order valence-corrected chi connectivity index (χ3v) is 2.54. The number of halogens is 3. The average molecular weight is 278 g/mol. The minimum atomic E-state index is -3.23. The fraction of sp³-hybridized carbons (Fsp3) is 0.500. The Bertz CT molecular complexity index is 396. The van der Waals surface area contributed by atoms with Gasteiger partial charge in [-0.15, -0.1) is 3.97 Å². The molecule has 0 bridgehead atoms. The second kappa shape index (κ2) is 6.76. The van der Waals surface area contributed by atoms with Crippen LogP contribution in [0.4, 0.5) is 12.7 Å². The lowest BCUT2D eigenvalue weighted by Gasteiger charge is -1.98. The molecule has 1 rings (SSSR count). The van der Waals surface area contributed by atoms with Gasteiger partial charge in [-0.2, -0.15) is 13.0 Å². The summed E-state index contributed by atoms with van der Waals surface area (Å²) >= 11 is -5.62. The van der Waals surface area contributed by atoms with Gasteiger partial charge in [-0.25, -0.2) is 4.57 Å². The zero-order valence-corrected chi connectivity index (χ0v) is 9.93. The summed E-state index contributed by atoms with van der Waals surface area (Å²) in [7, 11) is 1.76. The molecule has 1 heterocycles. The molecule has 0 fully saturated rings. The van der Waals surface area contributed by atoms with Gasteiger partial charge < -0.3 is 4.55 Å². The number of imidazole rings is 1. The molecule has 1 aromatic heterocycles. The predicted molar refractivity (Wildman–Crippen MR) is 49.9 cm³/mol. The van der Waals surface area contributed by atoms with E-state index in [0.717, 1.165) is 3.97 Å². The van der Waals surface area contributed by atoms with E-state index in [4.69, 9.17) is 8.76 Å². The summed E-state index contributed by atoms with van der Waals surface area (Å²) in [6.45, 7) is 1.69. The van der Waals surface area contributed by atoms with Crippen molar-refractivity contribution < 1.29 is 30.2 Å². The molecule has 1 aromatic rings. The Hall–Kier alpha value is -0.740. The molecule has 0 N–H and O–H groups in total. The highest BCUT2D eigenvalue weighted by Gasteiger charge is 2.14. The first-order valence-corrected chi connectivity index (χ1v) is 5.90. The maximum absolute atomic E-state index is 12.1. The normalized spacial score (nSPS) is 14.2. The van der Waals surface area contributed by atoms with E-state index < -0.39 is 28.2 Å². The highest BCUT2D eigenvalue weighted by atomic mass is 32.2. The smallest absolute Gasteiger partial charge is 0.399 e. The van der Waals surface area contributed by atoms with Gasteiger partial charge in [-0.3, -0.25) is 4.21 Å². The zero-order chi connectivity index (χ0) is 12.9. The second-order valence-corrected chi connectivity index (χ2v) is 4.19. The molecule has 0 aliphatic heterocycles. The molecule has 0 aliphatic rings. The highest BCUT2D eigenvalue weighted by molar-refractivity contribution is 7.79. The maximum Gasteiger partial charge on any atom is 0.399 e. The summed E-state index contributed by atoms with van der Waals surface area (Å²) < 4.78 is 64.1. The van der Waals surface area contributed by atoms with E-state index in [0.29, 0.717) is 5.82 Å². The van der Waals surface area contributed by atoms with Crippen LogP contribution < -0.4 is 4.57 Å². The quantitative estimate of drug-likeness (QED) is 0.438. The van der Waals surface area contributed by atoms with Gasteiger partial charge in [0, 0.05) is 18.0 Å². The van der Waals surface area contributed by atoms with E-state index in [1.54, 1.807) is 24.7 Å². The van der Waals surface area contributed by atoms with Crippen molar-refractivity contribution in [2.24, 2.45) is 7.05 Å². The zero-order valence-electron chi connectivity index (χ0n) is 8.30. The summed E-state index contributed by atoms with van der Waals surface area (Å²) in [6.07, 6.45) is 3.08. The molecule has 0 spiro atoms. The Morgan fingerprint density at radius 3 is 2.06 bits per heavy atom. The standard InChI is InChI=1S/C5H8FN2OS.CH2F2O2S/c1-5-7(2)3-4-8(5)10(6)9;2-1(3)6(4)5/h3-4H,1-2H3;1H,(H,4,5)/q+1;/p-1. The molecule has 5 nitrogen and oxygen atoms in total. The molecule has 0 aromatic carbocycles. The summed E-state index contributed by atoms with van der Waals surface area (Å²) in [5.74, 6) is -2.61. The van der Waals surface area contributed by atoms with E-state index in [2.05, 4.69) is 0 Å². The lowest BCUT2D eigenvalue weighted by molar-refractivity contribution is -0.676. The topological polar surface area (TPSA) is 66.0 Å². The van der Waals surface area contributed by atoms with Crippen LogP contribution in [0.3, 0.4) is 0 Å². The molecule has 0 saturated heterocycles. The lowest BCUT2D eigenvalue weighted by Crippen LogP contribution is -2.29. The van der Waals surface area contributed by atoms with E-state index >= 15 is 0 Å². The third-order valence-electron chi connectivity index (χ3n) is 1.56. The number of hydrogen-bond acceptors (Lipinski definition) is 3. The van der Waals surface area contributed by atoms with Gasteiger partial charge in [-0.05, 0) is 0 Å². The first-order chi connectivity index (χ1) is 7.27. The van der Waals surface area contributed by atoms with Gasteiger partial charge in [0.15, 0.2) is 0 Å². The fourth-order valence-corrected chi connectivity index (χ4v) is 1.17. The molecule has 10 heteroatoms. The monoisotopic (exact) mass is 278 g/mol. The largest absolute Gasteiger partial charge is 0.768 e. The van der Waals surface area contributed by atoms with Gasteiger partial charge >= 0.3 is 11.4 Å². The summed E-state index contributed by atoms with van der Waals surface area (Å²) in [4.78, 5) is 0. The summed E-state index contributed by atoms with van der Waals surface area (Å²) in [5, 5.41) is 0. The van der Waals surface area contributed by atoms with Crippen molar-refractivity contribution >= 4 is 22.5 Å². The SMILES string of the molecule is Cc1n(S(=O)F)cc[n+]1C.O=S([O-])C(F)F. The Morgan fingerprint density at radius 2 is 1.94 bits per heavy atom. The Kier molecular flexibility index (Phi) is 6.45. The number of aromatic nitrogens is 2. The van der Waals surface area contributed by atoms with Crippen molar-refractivity contribution in [2.45, 2.75) is 12.7 Å². The van der Waals surface area contributed by atoms with Gasteiger partial charge in [0.05, 0.1) is 7.05 Å². The van der Waals surface area contributed by atoms with Crippen LogP contribution in [0.1, 0.15) is 5.82 Å². The fourth-order valence-electron chi connectivity index (χ4n) is 0.683. The highest BCUT2D eigenvalue weighted by Crippen LogP contribution is 1.95. The van der Waals surface area contributed by atoms with E-state index in [-0.39, 0.29) is 0 Å². The van der Waals surface area contributed by atoms with Crippen LogP contribution in [0.2, 0.25) is 0 Å². The minimum absolute atomic E-state index is 0.626. The average Bonchev–Trinajstić information content (AvgIpc) is 2.48. The molecule has 0 radical (unpaired) electrons. The number of aryl methyl sites for hydroxylation is 1. The van der Waals surface area contributed by atoms with Crippen molar-refractivity contribution in [2.75, 3.05) is 0 Å². The van der Waals surface area contributed by atoms with Gasteiger partial charge in [-0.1, -0.05) is 3.89 Å². The maximum atomic E-state index is 12.1. The second-order valence-electron chi connectivity index (χ2n) is 2.51. The molecule has 16 heavy (non-hydrogen) atoms.